The van der Waals surface area contributed by atoms with Crippen molar-refractivity contribution in [3.63, 3.8) is 0 Å². The van der Waals surface area contributed by atoms with Crippen LogP contribution in [0.4, 0.5) is 0 Å². The lowest BCUT2D eigenvalue weighted by atomic mass is 9.76. The lowest BCUT2D eigenvalue weighted by molar-refractivity contribution is -0.127. The molecular formula is C17H29NO2. The number of rotatable bonds is 6. The average Bonchev–Trinajstić information content (AvgIpc) is 3.04. The Hall–Kier alpha value is -0.830. The first kappa shape index (κ1) is 15.6. The van der Waals surface area contributed by atoms with Gasteiger partial charge in [0, 0.05) is 13.5 Å². The Labute approximate surface area is 123 Å². The van der Waals surface area contributed by atoms with E-state index in [-0.39, 0.29) is 23.5 Å². The molecule has 2 aliphatic rings. The van der Waals surface area contributed by atoms with E-state index in [4.69, 9.17) is 0 Å². The summed E-state index contributed by atoms with van der Waals surface area (Å²) in [5, 5.41) is 10.6. The fourth-order valence-corrected chi connectivity index (χ4v) is 3.79. The molecule has 1 aliphatic carbocycles. The largest absolute Gasteiger partial charge is 0.388 e. The standard InChI is InChI=1S/C17H29NO2/c1-3-4-11-17(12-5-6-13-17)15(19)9-7-14-8-10-16(20)18(14)2/h7,9,14-15,19H,3-6,8,10-13H2,1-2H3/b9-7+. The third kappa shape index (κ3) is 3.25. The molecule has 1 N–H and O–H groups in total. The van der Waals surface area contributed by atoms with Gasteiger partial charge >= 0.3 is 0 Å². The minimum atomic E-state index is -0.347. The second kappa shape index (κ2) is 6.75. The molecule has 0 aromatic heterocycles. The van der Waals surface area contributed by atoms with Crippen molar-refractivity contribution in [2.24, 2.45) is 5.41 Å². The summed E-state index contributed by atoms with van der Waals surface area (Å²) in [5.74, 6) is 0.218. The number of aliphatic hydroxyl groups is 1. The molecule has 0 bridgehead atoms. The molecule has 114 valence electrons. The van der Waals surface area contributed by atoms with Crippen LogP contribution in [0.25, 0.3) is 0 Å². The van der Waals surface area contributed by atoms with Crippen LogP contribution in [0, 0.1) is 5.41 Å². The number of hydrogen-bond donors (Lipinski definition) is 1. The number of aliphatic hydroxyl groups excluding tert-OH is 1. The molecule has 1 amide bonds. The second-order valence-electron chi connectivity index (χ2n) is 6.61. The molecule has 0 radical (unpaired) electrons. The molecule has 2 rings (SSSR count). The van der Waals surface area contributed by atoms with E-state index in [0.717, 1.165) is 25.7 Å². The molecule has 0 aromatic carbocycles. The predicted molar refractivity (Wildman–Crippen MR) is 81.4 cm³/mol. The van der Waals surface area contributed by atoms with Gasteiger partial charge < -0.3 is 10.0 Å². The Kier molecular flexibility index (Phi) is 5.25. The third-order valence-electron chi connectivity index (χ3n) is 5.32. The van der Waals surface area contributed by atoms with E-state index in [9.17, 15) is 9.90 Å². The van der Waals surface area contributed by atoms with Crippen LogP contribution >= 0.6 is 0 Å². The van der Waals surface area contributed by atoms with Crippen LogP contribution in [-0.4, -0.2) is 35.1 Å². The van der Waals surface area contributed by atoms with Gasteiger partial charge in [-0.05, 0) is 31.1 Å². The van der Waals surface area contributed by atoms with Gasteiger partial charge in [-0.25, -0.2) is 0 Å². The van der Waals surface area contributed by atoms with Gasteiger partial charge in [-0.2, -0.15) is 0 Å². The third-order valence-corrected chi connectivity index (χ3v) is 5.32. The number of likely N-dealkylation sites (tertiary alicyclic amines) is 1. The van der Waals surface area contributed by atoms with Gasteiger partial charge in [0.1, 0.15) is 0 Å². The van der Waals surface area contributed by atoms with E-state index in [1.165, 1.54) is 25.7 Å². The van der Waals surface area contributed by atoms with Gasteiger partial charge in [0.05, 0.1) is 12.1 Å². The highest BCUT2D eigenvalue weighted by molar-refractivity contribution is 5.78. The fourth-order valence-electron chi connectivity index (χ4n) is 3.79. The first-order chi connectivity index (χ1) is 9.59. The minimum absolute atomic E-state index is 0.105. The summed E-state index contributed by atoms with van der Waals surface area (Å²) in [6, 6.07) is 0.182. The van der Waals surface area contributed by atoms with Gasteiger partial charge in [-0.1, -0.05) is 44.8 Å². The van der Waals surface area contributed by atoms with Gasteiger partial charge in [0.25, 0.3) is 0 Å². The molecule has 3 heteroatoms. The van der Waals surface area contributed by atoms with E-state index in [0.29, 0.717) is 6.42 Å². The second-order valence-corrected chi connectivity index (χ2v) is 6.61. The van der Waals surface area contributed by atoms with Crippen molar-refractivity contribution >= 4 is 5.91 Å². The summed E-state index contributed by atoms with van der Waals surface area (Å²) in [7, 11) is 1.86. The van der Waals surface area contributed by atoms with Crippen molar-refractivity contribution in [2.75, 3.05) is 7.05 Å². The number of unbranched alkanes of at least 4 members (excludes halogenated alkanes) is 1. The van der Waals surface area contributed by atoms with Crippen LogP contribution in [0.1, 0.15) is 64.7 Å². The molecule has 2 unspecified atom stereocenters. The smallest absolute Gasteiger partial charge is 0.222 e. The molecule has 2 fully saturated rings. The SMILES string of the molecule is CCCCC1(C(O)/C=C/C2CCC(=O)N2C)CCCC1. The van der Waals surface area contributed by atoms with Crippen LogP contribution in [0.2, 0.25) is 0 Å². The maximum atomic E-state index is 11.5. The van der Waals surface area contributed by atoms with E-state index in [1.54, 1.807) is 4.90 Å². The van der Waals surface area contributed by atoms with Gasteiger partial charge in [0.2, 0.25) is 5.91 Å². The molecule has 1 saturated carbocycles. The zero-order valence-corrected chi connectivity index (χ0v) is 13.0. The highest BCUT2D eigenvalue weighted by atomic mass is 16.3. The number of carbonyl (C=O) groups excluding carboxylic acids is 1. The van der Waals surface area contributed by atoms with Crippen LogP contribution in [0.3, 0.4) is 0 Å². The monoisotopic (exact) mass is 279 g/mol. The van der Waals surface area contributed by atoms with Crippen molar-refractivity contribution in [1.29, 1.82) is 0 Å². The molecule has 1 heterocycles. The first-order valence-electron chi connectivity index (χ1n) is 8.21. The van der Waals surface area contributed by atoms with Crippen molar-refractivity contribution < 1.29 is 9.90 Å². The van der Waals surface area contributed by atoms with Crippen molar-refractivity contribution in [3.05, 3.63) is 12.2 Å². The number of carbonyl (C=O) groups is 1. The summed E-state index contributed by atoms with van der Waals surface area (Å²) in [4.78, 5) is 13.3. The maximum absolute atomic E-state index is 11.5. The molecule has 2 atom stereocenters. The summed E-state index contributed by atoms with van der Waals surface area (Å²) in [5.41, 5.74) is 0.105. The molecule has 1 saturated heterocycles. The fraction of sp³-hybridized carbons (Fsp3) is 0.824. The molecule has 20 heavy (non-hydrogen) atoms. The quantitative estimate of drug-likeness (QED) is 0.758. The lowest BCUT2D eigenvalue weighted by Crippen LogP contribution is -2.32. The Balaban J connectivity index is 1.97. The number of nitrogens with zero attached hydrogens (tertiary/aromatic N) is 1. The van der Waals surface area contributed by atoms with Gasteiger partial charge in [0.15, 0.2) is 0 Å². The topological polar surface area (TPSA) is 40.5 Å². The molecule has 0 aromatic rings. The van der Waals surface area contributed by atoms with Crippen LogP contribution in [0.5, 0.6) is 0 Å². The van der Waals surface area contributed by atoms with E-state index in [2.05, 4.69) is 13.0 Å². The highest BCUT2D eigenvalue weighted by Crippen LogP contribution is 2.45. The van der Waals surface area contributed by atoms with Crippen molar-refractivity contribution in [3.8, 4) is 0 Å². The van der Waals surface area contributed by atoms with Gasteiger partial charge in [-0.3, -0.25) is 4.79 Å². The average molecular weight is 279 g/mol. The minimum Gasteiger partial charge on any atom is -0.388 e. The van der Waals surface area contributed by atoms with E-state index in [1.807, 2.05) is 13.1 Å². The number of amides is 1. The zero-order chi connectivity index (χ0) is 14.6. The Morgan fingerprint density at radius 3 is 2.70 bits per heavy atom. The number of hydrogen-bond acceptors (Lipinski definition) is 2. The summed E-state index contributed by atoms with van der Waals surface area (Å²) < 4.78 is 0. The van der Waals surface area contributed by atoms with Crippen molar-refractivity contribution in [1.82, 2.24) is 4.90 Å². The molecule has 1 aliphatic heterocycles. The predicted octanol–water partition coefficient (Wildman–Crippen LogP) is 3.27. The summed E-state index contributed by atoms with van der Waals surface area (Å²) in [6.07, 6.45) is 13.5. The van der Waals surface area contributed by atoms with Crippen LogP contribution in [0.15, 0.2) is 12.2 Å². The highest BCUT2D eigenvalue weighted by Gasteiger charge is 2.38. The summed E-state index contributed by atoms with van der Waals surface area (Å²) >= 11 is 0. The molecular weight excluding hydrogens is 250 g/mol. The Morgan fingerprint density at radius 1 is 1.45 bits per heavy atom. The number of likely N-dealkylation sites (N-methyl/N-ethyl adjacent to an activating group) is 1. The van der Waals surface area contributed by atoms with E-state index >= 15 is 0 Å². The van der Waals surface area contributed by atoms with Gasteiger partial charge in [-0.15, -0.1) is 0 Å². The Morgan fingerprint density at radius 2 is 2.15 bits per heavy atom. The molecule has 3 nitrogen and oxygen atoms in total. The zero-order valence-electron chi connectivity index (χ0n) is 13.0. The molecule has 0 spiro atoms. The Bertz CT molecular complexity index is 358. The first-order valence-corrected chi connectivity index (χ1v) is 8.21. The van der Waals surface area contributed by atoms with Crippen LogP contribution < -0.4 is 0 Å². The van der Waals surface area contributed by atoms with E-state index < -0.39 is 0 Å². The maximum Gasteiger partial charge on any atom is 0.222 e. The lowest BCUT2D eigenvalue weighted by Gasteiger charge is -2.33. The van der Waals surface area contributed by atoms with Crippen molar-refractivity contribution in [2.45, 2.75) is 76.9 Å². The van der Waals surface area contributed by atoms with Crippen LogP contribution in [-0.2, 0) is 4.79 Å². The normalized spacial score (nSPS) is 27.6. The summed E-state index contributed by atoms with van der Waals surface area (Å²) in [6.45, 7) is 2.21.